The molecule has 35 heavy (non-hydrogen) atoms. The molecule has 2 aliphatic heterocycles. The van der Waals surface area contributed by atoms with Crippen molar-refractivity contribution in [1.82, 2.24) is 0 Å². The molecule has 2 fully saturated rings. The number of rotatable bonds is 4. The summed E-state index contributed by atoms with van der Waals surface area (Å²) in [6, 6.07) is 11.2. The topological polar surface area (TPSA) is 76.2 Å². The fourth-order valence-corrected chi connectivity index (χ4v) is 7.64. The predicted octanol–water partition coefficient (Wildman–Crippen LogP) is 4.83. The molecule has 1 aliphatic carbocycles. The lowest BCUT2D eigenvalue weighted by atomic mass is 9.94. The zero-order chi connectivity index (χ0) is 24.3. The summed E-state index contributed by atoms with van der Waals surface area (Å²) in [5.74, 6) is -1.99. The van der Waals surface area contributed by atoms with Gasteiger partial charge in [-0.15, -0.1) is 22.7 Å². The van der Waals surface area contributed by atoms with Crippen LogP contribution in [0.1, 0.15) is 50.1 Å². The van der Waals surface area contributed by atoms with Crippen LogP contribution in [0.2, 0.25) is 0 Å². The number of carbonyl (C=O) groups excluding carboxylic acids is 3. The van der Waals surface area contributed by atoms with Gasteiger partial charge in [0.25, 0.3) is 5.91 Å². The maximum atomic E-state index is 14.0. The van der Waals surface area contributed by atoms with Crippen molar-refractivity contribution in [2.24, 2.45) is 5.92 Å². The van der Waals surface area contributed by atoms with Gasteiger partial charge in [0.15, 0.2) is 6.10 Å². The quantitative estimate of drug-likeness (QED) is 0.371. The van der Waals surface area contributed by atoms with Crippen LogP contribution in [0.25, 0.3) is 0 Å². The summed E-state index contributed by atoms with van der Waals surface area (Å²) in [4.78, 5) is 50.0. The molecule has 6 rings (SSSR count). The number of carbonyl (C=O) groups is 3. The number of ether oxygens (including phenoxy) is 1. The molecule has 180 valence electrons. The minimum atomic E-state index is -0.959. The van der Waals surface area contributed by atoms with Gasteiger partial charge in [-0.2, -0.15) is 0 Å². The summed E-state index contributed by atoms with van der Waals surface area (Å²) in [5.41, 5.74) is 3.09. The lowest BCUT2D eigenvalue weighted by Gasteiger charge is -2.28. The molecule has 0 spiro atoms. The Morgan fingerprint density at radius 2 is 1.89 bits per heavy atom. The lowest BCUT2D eigenvalue weighted by Crippen LogP contribution is -2.37. The van der Waals surface area contributed by atoms with Crippen LogP contribution >= 0.6 is 22.7 Å². The summed E-state index contributed by atoms with van der Waals surface area (Å²) in [5, 5.41) is 4.06. The molecule has 2 amide bonds. The molecule has 0 N–H and O–H groups in total. The van der Waals surface area contributed by atoms with Gasteiger partial charge in [0.2, 0.25) is 5.91 Å². The van der Waals surface area contributed by atoms with Gasteiger partial charge in [0, 0.05) is 9.75 Å². The maximum absolute atomic E-state index is 14.0. The molecule has 2 saturated heterocycles. The van der Waals surface area contributed by atoms with E-state index in [0.29, 0.717) is 10.6 Å². The number of imide groups is 1. The normalized spacial score (nSPS) is 23.5. The number of hydrogen-bond donors (Lipinski definition) is 0. The van der Waals surface area contributed by atoms with E-state index in [2.05, 4.69) is 0 Å². The number of esters is 1. The number of benzene rings is 1. The van der Waals surface area contributed by atoms with Gasteiger partial charge < -0.3 is 4.74 Å². The van der Waals surface area contributed by atoms with Crippen LogP contribution in [-0.2, 0) is 32.0 Å². The third-order valence-electron chi connectivity index (χ3n) is 7.05. The second-order valence-corrected chi connectivity index (χ2v) is 11.1. The van der Waals surface area contributed by atoms with Gasteiger partial charge >= 0.3 is 5.97 Å². The number of thiophene rings is 2. The first kappa shape index (κ1) is 22.5. The third kappa shape index (κ3) is 3.36. The third-order valence-corrected chi connectivity index (χ3v) is 9.27. The zero-order valence-electron chi connectivity index (χ0n) is 19.4. The van der Waals surface area contributed by atoms with E-state index in [9.17, 15) is 14.4 Å². The SMILES string of the molecule is COC(=O)c1c(N2C(=O)[C@H]3[C@@H](ON(c4ccccc4C)[C@H]3c3cccs3)C2=O)sc2c1CCCC2. The number of amides is 2. The highest BCUT2D eigenvalue weighted by Gasteiger charge is 2.61. The van der Waals surface area contributed by atoms with Crippen molar-refractivity contribution < 1.29 is 24.0 Å². The summed E-state index contributed by atoms with van der Waals surface area (Å²) in [7, 11) is 1.33. The number of aryl methyl sites for hydroxylation is 2. The van der Waals surface area contributed by atoms with Crippen LogP contribution in [0, 0.1) is 12.8 Å². The van der Waals surface area contributed by atoms with E-state index in [0.717, 1.165) is 52.3 Å². The van der Waals surface area contributed by atoms with Crippen molar-refractivity contribution in [2.75, 3.05) is 17.1 Å². The van der Waals surface area contributed by atoms with Crippen molar-refractivity contribution in [1.29, 1.82) is 0 Å². The smallest absolute Gasteiger partial charge is 0.341 e. The summed E-state index contributed by atoms with van der Waals surface area (Å²) in [6.45, 7) is 1.98. The molecule has 0 bridgehead atoms. The fraction of sp³-hybridized carbons (Fsp3) is 0.346. The molecule has 2 aromatic heterocycles. The number of anilines is 2. The Labute approximate surface area is 210 Å². The van der Waals surface area contributed by atoms with E-state index >= 15 is 0 Å². The number of para-hydroxylation sites is 1. The standard InChI is InChI=1S/C26H24N2O5S2/c1-14-8-3-5-10-16(14)28-21(18-12-7-13-34-18)20-22(33-28)24(30)27(23(20)29)25-19(26(31)32-2)15-9-4-6-11-17(15)35-25/h3,5,7-8,10,12-13,20-22H,4,6,9,11H2,1-2H3/t20-,21+,22-/m1/s1. The van der Waals surface area contributed by atoms with E-state index in [1.54, 1.807) is 5.06 Å². The Kier molecular flexibility index (Phi) is 5.51. The molecule has 1 aromatic carbocycles. The first-order valence-electron chi connectivity index (χ1n) is 11.7. The molecule has 3 atom stereocenters. The van der Waals surface area contributed by atoms with E-state index in [-0.39, 0.29) is 5.91 Å². The molecule has 0 radical (unpaired) electrons. The number of hydrogen-bond acceptors (Lipinski definition) is 8. The molecule has 0 saturated carbocycles. The van der Waals surface area contributed by atoms with Crippen LogP contribution in [0.5, 0.6) is 0 Å². The monoisotopic (exact) mass is 508 g/mol. The number of nitrogens with zero attached hydrogens (tertiary/aromatic N) is 2. The molecule has 3 aliphatic rings. The van der Waals surface area contributed by atoms with Crippen molar-refractivity contribution in [3.8, 4) is 0 Å². The second kappa shape index (κ2) is 8.58. The zero-order valence-corrected chi connectivity index (χ0v) is 21.0. The molecule has 9 heteroatoms. The molecular weight excluding hydrogens is 484 g/mol. The average Bonchev–Trinajstić information content (AvgIpc) is 3.63. The van der Waals surface area contributed by atoms with Gasteiger partial charge in [0.1, 0.15) is 17.0 Å². The summed E-state index contributed by atoms with van der Waals surface area (Å²) < 4.78 is 5.07. The highest BCUT2D eigenvalue weighted by atomic mass is 32.1. The molecular formula is C26H24N2O5S2. The van der Waals surface area contributed by atoms with Crippen molar-refractivity contribution in [3.05, 3.63) is 68.2 Å². The van der Waals surface area contributed by atoms with Gasteiger partial charge in [-0.25, -0.2) is 14.8 Å². The van der Waals surface area contributed by atoms with Crippen molar-refractivity contribution in [2.45, 2.75) is 44.8 Å². The largest absolute Gasteiger partial charge is 0.465 e. The first-order chi connectivity index (χ1) is 17.0. The lowest BCUT2D eigenvalue weighted by molar-refractivity contribution is -0.126. The Morgan fingerprint density at radius 1 is 1.09 bits per heavy atom. The first-order valence-corrected chi connectivity index (χ1v) is 13.4. The van der Waals surface area contributed by atoms with Crippen LogP contribution in [0.3, 0.4) is 0 Å². The summed E-state index contributed by atoms with van der Waals surface area (Å²) >= 11 is 2.90. The van der Waals surface area contributed by atoms with Crippen LogP contribution in [0.15, 0.2) is 41.8 Å². The minimum absolute atomic E-state index is 0.335. The van der Waals surface area contributed by atoms with Crippen LogP contribution < -0.4 is 9.96 Å². The Balaban J connectivity index is 1.45. The molecule has 0 unspecified atom stereocenters. The highest BCUT2D eigenvalue weighted by molar-refractivity contribution is 7.17. The average molecular weight is 509 g/mol. The van der Waals surface area contributed by atoms with E-state index in [4.69, 9.17) is 9.57 Å². The maximum Gasteiger partial charge on any atom is 0.341 e. The van der Waals surface area contributed by atoms with Crippen LogP contribution in [-0.4, -0.2) is 31.0 Å². The number of fused-ring (bicyclic) bond motifs is 2. The highest BCUT2D eigenvalue weighted by Crippen LogP contribution is 2.51. The van der Waals surface area contributed by atoms with Crippen molar-refractivity contribution >= 4 is 51.1 Å². The van der Waals surface area contributed by atoms with Gasteiger partial charge in [0.05, 0.1) is 18.4 Å². The predicted molar refractivity (Wildman–Crippen MR) is 134 cm³/mol. The van der Waals surface area contributed by atoms with Crippen LogP contribution in [0.4, 0.5) is 10.7 Å². The van der Waals surface area contributed by atoms with Gasteiger partial charge in [-0.05, 0) is 61.2 Å². The second-order valence-electron chi connectivity index (χ2n) is 9.02. The van der Waals surface area contributed by atoms with E-state index < -0.39 is 29.9 Å². The molecule has 7 nitrogen and oxygen atoms in total. The van der Waals surface area contributed by atoms with E-state index in [1.807, 2.05) is 48.7 Å². The Bertz CT molecular complexity index is 1330. The molecule has 3 aromatic rings. The Hall–Kier alpha value is -3.01. The van der Waals surface area contributed by atoms with Gasteiger partial charge in [-0.1, -0.05) is 24.3 Å². The minimum Gasteiger partial charge on any atom is -0.465 e. The number of hydroxylamine groups is 1. The summed E-state index contributed by atoms with van der Waals surface area (Å²) in [6.07, 6.45) is 2.61. The van der Waals surface area contributed by atoms with Gasteiger partial charge in [-0.3, -0.25) is 14.4 Å². The molecule has 4 heterocycles. The fourth-order valence-electron chi connectivity index (χ4n) is 5.40. The Morgan fingerprint density at radius 3 is 2.63 bits per heavy atom. The number of methoxy groups -OCH3 is 1. The van der Waals surface area contributed by atoms with E-state index in [1.165, 1.54) is 34.7 Å². The van der Waals surface area contributed by atoms with Crippen molar-refractivity contribution in [3.63, 3.8) is 0 Å².